The van der Waals surface area contributed by atoms with Gasteiger partial charge in [0.15, 0.2) is 0 Å². The standard InChI is InChI=1S/C27H31Cl3FN3O3/c28-27(29,30)25(35)33-26(17-20-4-6-22(31)7-5-20)9-8-21(18-26)19-32-23-2-1-3-24(16-23)37-15-12-34-10-13-36-14-11-34/h1-7,16,18,32H,8-15,17,19H2,(H,33,35). The fourth-order valence-corrected chi connectivity index (χ4v) is 4.77. The van der Waals surface area contributed by atoms with Crippen LogP contribution in [0.4, 0.5) is 10.1 Å². The second-order valence-electron chi connectivity index (χ2n) is 9.40. The first-order valence-corrected chi connectivity index (χ1v) is 13.5. The van der Waals surface area contributed by atoms with Gasteiger partial charge in [0.05, 0.1) is 18.8 Å². The van der Waals surface area contributed by atoms with Gasteiger partial charge in [-0.05, 0) is 49.1 Å². The van der Waals surface area contributed by atoms with Crippen molar-refractivity contribution >= 4 is 46.4 Å². The summed E-state index contributed by atoms with van der Waals surface area (Å²) in [6.07, 6.45) is 3.87. The van der Waals surface area contributed by atoms with E-state index >= 15 is 0 Å². The molecule has 0 bridgehead atoms. The number of ether oxygens (including phenoxy) is 2. The van der Waals surface area contributed by atoms with E-state index in [1.165, 1.54) is 12.1 Å². The summed E-state index contributed by atoms with van der Waals surface area (Å²) in [6, 6.07) is 14.1. The minimum Gasteiger partial charge on any atom is -0.492 e. The first kappa shape index (κ1) is 28.0. The molecule has 1 unspecified atom stereocenters. The van der Waals surface area contributed by atoms with Crippen LogP contribution in [0.25, 0.3) is 0 Å². The van der Waals surface area contributed by atoms with Gasteiger partial charge >= 0.3 is 0 Å². The molecule has 1 amide bonds. The summed E-state index contributed by atoms with van der Waals surface area (Å²) in [7, 11) is 0. The molecule has 200 valence electrons. The molecule has 37 heavy (non-hydrogen) atoms. The number of rotatable bonds is 10. The third kappa shape index (κ3) is 8.48. The van der Waals surface area contributed by atoms with Crippen molar-refractivity contribution in [1.29, 1.82) is 0 Å². The van der Waals surface area contributed by atoms with Crippen molar-refractivity contribution in [3.8, 4) is 5.75 Å². The average molecular weight is 571 g/mol. The number of carbonyl (C=O) groups is 1. The van der Waals surface area contributed by atoms with Gasteiger partial charge in [-0.25, -0.2) is 4.39 Å². The fourth-order valence-electron chi connectivity index (χ4n) is 4.63. The summed E-state index contributed by atoms with van der Waals surface area (Å²) >= 11 is 17.5. The molecule has 2 aromatic carbocycles. The van der Waals surface area contributed by atoms with Crippen LogP contribution in [-0.4, -0.2) is 66.1 Å². The number of morpholine rings is 1. The summed E-state index contributed by atoms with van der Waals surface area (Å²) in [4.78, 5) is 14.9. The van der Waals surface area contributed by atoms with Crippen LogP contribution in [0.1, 0.15) is 18.4 Å². The lowest BCUT2D eigenvalue weighted by molar-refractivity contribution is -0.121. The predicted molar refractivity (Wildman–Crippen MR) is 146 cm³/mol. The smallest absolute Gasteiger partial charge is 0.272 e. The maximum absolute atomic E-state index is 13.4. The Hall–Kier alpha value is -2.03. The van der Waals surface area contributed by atoms with Crippen molar-refractivity contribution in [3.05, 3.63) is 71.6 Å². The number of carbonyl (C=O) groups excluding carboxylic acids is 1. The maximum atomic E-state index is 13.4. The second-order valence-corrected chi connectivity index (χ2v) is 11.7. The van der Waals surface area contributed by atoms with Crippen molar-refractivity contribution in [2.24, 2.45) is 0 Å². The van der Waals surface area contributed by atoms with Crippen LogP contribution in [0, 0.1) is 5.82 Å². The van der Waals surface area contributed by atoms with Crippen molar-refractivity contribution in [2.75, 3.05) is 51.3 Å². The van der Waals surface area contributed by atoms with Gasteiger partial charge in [0.1, 0.15) is 18.2 Å². The molecule has 0 aromatic heterocycles. The molecule has 0 saturated carbocycles. The van der Waals surface area contributed by atoms with Crippen molar-refractivity contribution < 1.29 is 18.7 Å². The molecule has 4 rings (SSSR count). The van der Waals surface area contributed by atoms with Crippen LogP contribution < -0.4 is 15.4 Å². The Labute approximate surface area is 232 Å². The van der Waals surface area contributed by atoms with E-state index in [0.29, 0.717) is 26.0 Å². The van der Waals surface area contributed by atoms with E-state index in [1.54, 1.807) is 12.1 Å². The molecule has 1 heterocycles. The molecule has 1 atom stereocenters. The van der Waals surface area contributed by atoms with Crippen molar-refractivity contribution in [3.63, 3.8) is 0 Å². The monoisotopic (exact) mass is 569 g/mol. The number of hydrogen-bond donors (Lipinski definition) is 2. The van der Waals surface area contributed by atoms with E-state index in [0.717, 1.165) is 61.8 Å². The normalized spacial score (nSPS) is 20.4. The van der Waals surface area contributed by atoms with E-state index in [9.17, 15) is 9.18 Å². The maximum Gasteiger partial charge on any atom is 0.272 e. The molecule has 1 fully saturated rings. The Morgan fingerprint density at radius 1 is 1.14 bits per heavy atom. The Bertz CT molecular complexity index is 1090. The van der Waals surface area contributed by atoms with Crippen LogP contribution in [0.5, 0.6) is 5.75 Å². The zero-order valence-electron chi connectivity index (χ0n) is 20.5. The zero-order chi connectivity index (χ0) is 26.3. The molecular weight excluding hydrogens is 540 g/mol. The highest BCUT2D eigenvalue weighted by atomic mass is 35.6. The molecule has 2 aromatic rings. The number of alkyl halides is 3. The number of nitrogens with zero attached hydrogens (tertiary/aromatic N) is 1. The van der Waals surface area contributed by atoms with Gasteiger partial charge in [0.25, 0.3) is 9.70 Å². The third-order valence-electron chi connectivity index (χ3n) is 6.56. The number of halogens is 4. The summed E-state index contributed by atoms with van der Waals surface area (Å²) < 4.78 is 22.7. The molecule has 6 nitrogen and oxygen atoms in total. The minimum absolute atomic E-state index is 0.317. The molecule has 10 heteroatoms. The molecule has 0 spiro atoms. The van der Waals surface area contributed by atoms with Gasteiger partial charge in [-0.2, -0.15) is 0 Å². The van der Waals surface area contributed by atoms with E-state index in [1.807, 2.05) is 30.3 Å². The molecule has 1 aliphatic carbocycles. The number of amides is 1. The van der Waals surface area contributed by atoms with E-state index in [2.05, 4.69) is 15.5 Å². The van der Waals surface area contributed by atoms with Gasteiger partial charge in [-0.1, -0.05) is 64.7 Å². The Morgan fingerprint density at radius 2 is 1.89 bits per heavy atom. The largest absolute Gasteiger partial charge is 0.492 e. The lowest BCUT2D eigenvalue weighted by Gasteiger charge is -2.30. The summed E-state index contributed by atoms with van der Waals surface area (Å²) in [5.74, 6) is -0.200. The first-order chi connectivity index (χ1) is 17.7. The van der Waals surface area contributed by atoms with Gasteiger partial charge in [-0.3, -0.25) is 9.69 Å². The van der Waals surface area contributed by atoms with E-state index in [-0.39, 0.29) is 5.82 Å². The Balaban J connectivity index is 1.37. The average Bonchev–Trinajstić information content (AvgIpc) is 3.27. The van der Waals surface area contributed by atoms with Gasteiger partial charge in [0, 0.05) is 37.9 Å². The Morgan fingerprint density at radius 3 is 2.62 bits per heavy atom. The molecular formula is C27H31Cl3FN3O3. The quantitative estimate of drug-likeness (QED) is 0.306. The van der Waals surface area contributed by atoms with Crippen LogP contribution in [0.2, 0.25) is 0 Å². The summed E-state index contributed by atoms with van der Waals surface area (Å²) in [5.41, 5.74) is 2.19. The zero-order valence-corrected chi connectivity index (χ0v) is 22.7. The number of hydrogen-bond acceptors (Lipinski definition) is 5. The van der Waals surface area contributed by atoms with Crippen LogP contribution in [0.3, 0.4) is 0 Å². The minimum atomic E-state index is -2.08. The van der Waals surface area contributed by atoms with E-state index in [4.69, 9.17) is 44.3 Å². The first-order valence-electron chi connectivity index (χ1n) is 12.3. The summed E-state index contributed by atoms with van der Waals surface area (Å²) in [5, 5.41) is 6.36. The fraction of sp³-hybridized carbons (Fsp3) is 0.444. The van der Waals surface area contributed by atoms with Crippen molar-refractivity contribution in [2.45, 2.75) is 28.6 Å². The number of nitrogens with one attached hydrogen (secondary N) is 2. The Kier molecular flexibility index (Phi) is 9.59. The number of anilines is 1. The van der Waals surface area contributed by atoms with Gasteiger partial charge in [-0.15, -0.1) is 0 Å². The molecule has 1 aliphatic heterocycles. The van der Waals surface area contributed by atoms with Crippen LogP contribution in [0.15, 0.2) is 60.2 Å². The molecule has 2 N–H and O–H groups in total. The summed E-state index contributed by atoms with van der Waals surface area (Å²) in [6.45, 7) is 5.48. The molecule has 2 aliphatic rings. The molecule has 0 radical (unpaired) electrons. The van der Waals surface area contributed by atoms with Gasteiger partial charge < -0.3 is 20.1 Å². The molecule has 1 saturated heterocycles. The predicted octanol–water partition coefficient (Wildman–Crippen LogP) is 5.14. The topological polar surface area (TPSA) is 62.8 Å². The highest BCUT2D eigenvalue weighted by molar-refractivity contribution is 6.76. The highest BCUT2D eigenvalue weighted by Gasteiger charge is 2.40. The number of benzene rings is 2. The third-order valence-corrected chi connectivity index (χ3v) is 7.07. The lowest BCUT2D eigenvalue weighted by Crippen LogP contribution is -2.51. The highest BCUT2D eigenvalue weighted by Crippen LogP contribution is 2.35. The second kappa shape index (κ2) is 12.7. The SMILES string of the molecule is O=C(NC1(Cc2ccc(F)cc2)C=C(CNc2cccc(OCCN3CCOCC3)c2)CC1)C(Cl)(Cl)Cl. The van der Waals surface area contributed by atoms with Crippen molar-refractivity contribution in [1.82, 2.24) is 10.2 Å². The van der Waals surface area contributed by atoms with Gasteiger partial charge in [0.2, 0.25) is 0 Å². The van der Waals surface area contributed by atoms with E-state index < -0.39 is 15.2 Å². The van der Waals surface area contributed by atoms with Crippen LogP contribution in [-0.2, 0) is 16.0 Å². The lowest BCUT2D eigenvalue weighted by atomic mass is 9.90. The van der Waals surface area contributed by atoms with Crippen LogP contribution >= 0.6 is 34.8 Å².